The first-order chi connectivity index (χ1) is 48.0. The Kier molecular flexibility index (Phi) is 32.9. The fourth-order valence-electron chi connectivity index (χ4n) is 10.9. The van der Waals surface area contributed by atoms with Gasteiger partial charge in [0.05, 0.1) is 37.8 Å². The van der Waals surface area contributed by atoms with Gasteiger partial charge in [-0.2, -0.15) is 0 Å². The van der Waals surface area contributed by atoms with Gasteiger partial charge in [0.25, 0.3) is 0 Å². The van der Waals surface area contributed by atoms with Gasteiger partial charge in [-0.15, -0.1) is 12.4 Å². The number of halogens is 2. The van der Waals surface area contributed by atoms with Gasteiger partial charge in [0.1, 0.15) is 85.8 Å². The maximum atomic E-state index is 12.2. The molecule has 0 amide bonds. The number of morpholine rings is 3. The first-order valence-electron chi connectivity index (χ1n) is 33.7. The quantitative estimate of drug-likeness (QED) is 0.0212. The summed E-state index contributed by atoms with van der Waals surface area (Å²) in [5, 5.41) is 33.0. The van der Waals surface area contributed by atoms with Gasteiger partial charge in [-0.05, 0) is 72.8 Å². The molecule has 3 atom stereocenters. The van der Waals surface area contributed by atoms with E-state index < -0.39 is 23.4 Å². The summed E-state index contributed by atoms with van der Waals surface area (Å²) in [6.45, 7) is 23.5. The van der Waals surface area contributed by atoms with Crippen molar-refractivity contribution in [2.75, 3.05) is 122 Å². The fourth-order valence-corrected chi connectivity index (χ4v) is 11.1. The summed E-state index contributed by atoms with van der Waals surface area (Å²) in [4.78, 5) is 12.9. The number of benzene rings is 9. The molecule has 542 valence electrons. The van der Waals surface area contributed by atoms with Crippen LogP contribution in [0.3, 0.4) is 0 Å². The molecule has 101 heavy (non-hydrogen) atoms. The maximum absolute atomic E-state index is 12.2. The zero-order valence-corrected chi connectivity index (χ0v) is 60.9. The predicted octanol–water partition coefficient (Wildman–Crippen LogP) is 13.7. The number of ether oxygens (including phenoxy) is 11. The van der Waals surface area contributed by atoms with Gasteiger partial charge in [-0.25, -0.2) is 9.98 Å². The Morgan fingerprint density at radius 1 is 0.465 bits per heavy atom. The van der Waals surface area contributed by atoms with Crippen LogP contribution in [0.25, 0.3) is 32.3 Å². The number of nitrogens with two attached hydrogens (primary N) is 1. The lowest BCUT2D eigenvalue weighted by Crippen LogP contribution is -2.46. The number of aliphatic imine (C=N–C) groups is 2. The van der Waals surface area contributed by atoms with Gasteiger partial charge in [-0.3, -0.25) is 9.80 Å². The van der Waals surface area contributed by atoms with E-state index in [0.717, 1.165) is 136 Å². The molecular weight excluding hydrogens is 1420 g/mol. The molecular formula is C80H98ClIN6O13-2. The Bertz CT molecular complexity index is 3940. The number of anilines is 1. The molecule has 3 fully saturated rings. The van der Waals surface area contributed by atoms with E-state index in [9.17, 15) is 10.2 Å². The molecule has 0 radical (unpaired) electrons. The second-order valence-corrected chi connectivity index (χ2v) is 26.6. The third-order valence-electron chi connectivity index (χ3n) is 15.5. The largest absolute Gasteiger partial charge is 0.594 e. The number of para-hydroxylation sites is 3. The summed E-state index contributed by atoms with van der Waals surface area (Å²) in [5.74, 6) is 5.08. The highest BCUT2D eigenvalue weighted by Gasteiger charge is 2.23. The summed E-state index contributed by atoms with van der Waals surface area (Å²) in [7, 11) is 0. The van der Waals surface area contributed by atoms with Crippen LogP contribution in [0.1, 0.15) is 49.0 Å². The monoisotopic (exact) mass is 1510 g/mol. The Labute approximate surface area is 615 Å². The van der Waals surface area contributed by atoms with Gasteiger partial charge in [0, 0.05) is 106 Å². The molecule has 0 spiro atoms. The summed E-state index contributed by atoms with van der Waals surface area (Å²) in [6, 6.07) is 64.2. The second-order valence-electron chi connectivity index (χ2n) is 25.5. The number of nitrogens with one attached hydrogen (secondary N) is 1. The van der Waals surface area contributed by atoms with Crippen LogP contribution in [0.2, 0.25) is 0 Å². The molecule has 12 rings (SSSR count). The van der Waals surface area contributed by atoms with Gasteiger partial charge in [0.2, 0.25) is 0 Å². The highest BCUT2D eigenvalue weighted by Crippen LogP contribution is 2.36. The van der Waals surface area contributed by atoms with Crippen molar-refractivity contribution in [3.05, 3.63) is 200 Å². The van der Waals surface area contributed by atoms with E-state index in [0.29, 0.717) is 64.2 Å². The Hall–Kier alpha value is -8.32. The van der Waals surface area contributed by atoms with Crippen molar-refractivity contribution in [1.82, 2.24) is 15.1 Å². The summed E-state index contributed by atoms with van der Waals surface area (Å²) >= 11 is 2.27. The Morgan fingerprint density at radius 3 is 1.22 bits per heavy atom. The van der Waals surface area contributed by atoms with Crippen molar-refractivity contribution in [2.45, 2.75) is 78.5 Å². The minimum Gasteiger partial charge on any atom is -0.594 e. The molecule has 9 aromatic carbocycles. The third kappa shape index (κ3) is 27.2. The summed E-state index contributed by atoms with van der Waals surface area (Å²) in [6.07, 6.45) is -0.901. The molecule has 0 aromatic heterocycles. The number of fused-ring (bicyclic) bond motifs is 3. The van der Waals surface area contributed by atoms with E-state index >= 15 is 0 Å². The van der Waals surface area contributed by atoms with Crippen molar-refractivity contribution in [3.63, 3.8) is 0 Å². The lowest BCUT2D eigenvalue weighted by atomic mass is 10.1. The molecule has 3 aliphatic rings. The van der Waals surface area contributed by atoms with Crippen molar-refractivity contribution in [1.29, 1.82) is 0 Å². The molecule has 3 heterocycles. The van der Waals surface area contributed by atoms with E-state index in [4.69, 9.17) is 57.8 Å². The van der Waals surface area contributed by atoms with Crippen molar-refractivity contribution in [3.8, 4) is 34.5 Å². The lowest BCUT2D eigenvalue weighted by molar-refractivity contribution is -0.260. The normalized spacial score (nSPS) is 16.6. The lowest BCUT2D eigenvalue weighted by Gasteiger charge is -2.32. The molecule has 0 bridgehead atoms. The van der Waals surface area contributed by atoms with E-state index in [1.807, 2.05) is 230 Å². The van der Waals surface area contributed by atoms with Crippen molar-refractivity contribution < 1.29 is 62.3 Å². The smallest absolute Gasteiger partial charge is 0.151 e. The average Bonchev–Trinajstić information content (AvgIpc) is 0.812. The number of nitrogen functional groups attached to an aromatic ring is 1. The van der Waals surface area contributed by atoms with Crippen LogP contribution in [-0.4, -0.2) is 168 Å². The molecule has 3 aliphatic heterocycles. The molecule has 3 unspecified atom stereocenters. The molecule has 0 aliphatic carbocycles. The maximum Gasteiger partial charge on any atom is 0.151 e. The summed E-state index contributed by atoms with van der Waals surface area (Å²) < 4.78 is 64.0. The van der Waals surface area contributed by atoms with Crippen LogP contribution >= 0.6 is 35.0 Å². The highest BCUT2D eigenvalue weighted by atomic mass is 127. The zero-order chi connectivity index (χ0) is 69.7. The number of hydrogen-bond acceptors (Lipinski definition) is 19. The molecule has 19 nitrogen and oxygen atoms in total. The molecule has 3 N–H and O–H groups in total. The van der Waals surface area contributed by atoms with Gasteiger partial charge < -0.3 is 73.4 Å². The first-order valence-corrected chi connectivity index (χ1v) is 35.2. The number of alkyl halides is 1. The minimum absolute atomic E-state index is 0. The van der Waals surface area contributed by atoms with Crippen LogP contribution in [0.15, 0.2) is 210 Å². The van der Waals surface area contributed by atoms with E-state index in [1.54, 1.807) is 12.1 Å². The summed E-state index contributed by atoms with van der Waals surface area (Å²) in [5.41, 5.74) is 6.85. The van der Waals surface area contributed by atoms with Crippen LogP contribution < -0.4 is 49.7 Å². The van der Waals surface area contributed by atoms with Crippen molar-refractivity contribution in [2.24, 2.45) is 9.98 Å². The van der Waals surface area contributed by atoms with Crippen LogP contribution in [0.5, 0.6) is 34.5 Å². The second kappa shape index (κ2) is 41.6. The standard InChI is InChI=1S/C28H34N2O5.C23H26N2O3.C17H20INO3.C11H15NO2.CH4.ClH/c1-28(2,3)35-27(31)29-25-13-14-26(24-12-8-7-11-23(24)25)33-18-16-30-15-17-32-22(19-30)20-34-21-9-5-4-6-10-21;24-22-10-11-23(21-9-5-4-8-20(21)22)27-15-13-25-12-14-26-19(16-25)17-28-18-6-2-1-3-7-18;1-17(2,3)22-16(20)19-14-8-9-15(21-11-10-18)13-7-5-4-6-12(13)14;1-2-4-10(5-3-1)14-9-11-8-12-6-7-13-11;;/h4-14,22H,15-20H2,1-3H3,(H,29,31);1-11,19H,12-17,24H2;4-9H,10-11H2,1-3H3,(H,19,20);1-5,11-12H,6-9H2;1H4;1H/p-2. The topological polar surface area (TPSA) is 217 Å². The van der Waals surface area contributed by atoms with E-state index in [2.05, 4.69) is 47.7 Å². The van der Waals surface area contributed by atoms with Gasteiger partial charge in [0.15, 0.2) is 12.2 Å². The third-order valence-corrected chi connectivity index (χ3v) is 15.9. The highest BCUT2D eigenvalue weighted by molar-refractivity contribution is 14.1. The molecule has 0 saturated carbocycles. The number of nitrogens with zero attached hydrogens (tertiary/aromatic N) is 4. The van der Waals surface area contributed by atoms with E-state index in [-0.39, 0.29) is 38.1 Å². The van der Waals surface area contributed by atoms with Crippen LogP contribution in [0, 0.1) is 0 Å². The van der Waals surface area contributed by atoms with Crippen LogP contribution in [-0.2, 0) is 23.7 Å². The Balaban J connectivity index is 0.000000196. The number of rotatable bonds is 22. The number of hydrogen-bond donors (Lipinski definition) is 2. The minimum atomic E-state index is -0.602. The molecule has 9 aromatic rings. The zero-order valence-electron chi connectivity index (χ0n) is 58.0. The predicted molar refractivity (Wildman–Crippen MR) is 412 cm³/mol. The Morgan fingerprint density at radius 2 is 0.822 bits per heavy atom. The SMILES string of the molecule is C.CC(C)(C)OC([O-])=Nc1ccc(OCCI)c2ccccc12.CC(C)(C)OC([O-])=Nc1ccc(OCCN2CCOC(COc3ccccc3)C2)c2ccccc12.Cl.Nc1ccc(OCCN2CCOC(COc3ccccc3)C2)c2ccccc12.c1ccc(OCC2CNCCO2)cc1. The molecule has 21 heteroatoms. The first kappa shape index (κ1) is 80.0. The van der Waals surface area contributed by atoms with Gasteiger partial charge in [-0.1, -0.05) is 199 Å². The average molecular weight is 1510 g/mol. The van der Waals surface area contributed by atoms with Crippen molar-refractivity contribution >= 4 is 96.5 Å². The van der Waals surface area contributed by atoms with Crippen LogP contribution in [0.4, 0.5) is 17.1 Å². The van der Waals surface area contributed by atoms with Gasteiger partial charge >= 0.3 is 0 Å². The molecule has 3 saturated heterocycles. The fraction of sp³-hybridized carbons (Fsp3) is 0.375. The van der Waals surface area contributed by atoms with E-state index in [1.165, 1.54) is 0 Å².